The maximum Gasteiger partial charge on any atom is 0.255 e. The monoisotopic (exact) mass is 351 g/mol. The fraction of sp³-hybridized carbons (Fsp3) is 0.250. The summed E-state index contributed by atoms with van der Waals surface area (Å²) in [5.74, 6) is 0.425. The van der Waals surface area contributed by atoms with E-state index in [0.717, 1.165) is 5.56 Å². The van der Waals surface area contributed by atoms with Crippen molar-refractivity contribution in [1.82, 2.24) is 4.98 Å². The maximum absolute atomic E-state index is 12.5. The molecule has 134 valence electrons. The maximum atomic E-state index is 12.5. The average molecular weight is 351 g/mol. The van der Waals surface area contributed by atoms with Gasteiger partial charge in [0.05, 0.1) is 0 Å². The van der Waals surface area contributed by atoms with Gasteiger partial charge >= 0.3 is 0 Å². The van der Waals surface area contributed by atoms with Crippen molar-refractivity contribution in [3.8, 4) is 0 Å². The van der Waals surface area contributed by atoms with Crippen molar-refractivity contribution >= 4 is 34.3 Å². The van der Waals surface area contributed by atoms with Gasteiger partial charge in [-0.05, 0) is 42.8 Å². The molecule has 6 nitrogen and oxygen atoms in total. The summed E-state index contributed by atoms with van der Waals surface area (Å²) in [7, 11) is 0. The molecule has 0 fully saturated rings. The molecule has 0 saturated carbocycles. The number of nitrogens with one attached hydrogen (secondary N) is 2. The molecular weight excluding hydrogens is 330 g/mol. The van der Waals surface area contributed by atoms with E-state index in [4.69, 9.17) is 4.42 Å². The van der Waals surface area contributed by atoms with Crippen molar-refractivity contribution in [1.29, 1.82) is 0 Å². The lowest BCUT2D eigenvalue weighted by atomic mass is 10.1. The highest BCUT2D eigenvalue weighted by Crippen LogP contribution is 2.24. The van der Waals surface area contributed by atoms with Crippen LogP contribution in [0.3, 0.4) is 0 Å². The lowest BCUT2D eigenvalue weighted by Gasteiger charge is -2.10. The Hall–Kier alpha value is -3.15. The molecule has 0 atom stereocenters. The molecule has 1 aromatic heterocycles. The smallest absolute Gasteiger partial charge is 0.255 e. The third-order valence-corrected chi connectivity index (χ3v) is 3.97. The van der Waals surface area contributed by atoms with Crippen LogP contribution in [0.4, 0.5) is 11.4 Å². The van der Waals surface area contributed by atoms with Crippen LogP contribution in [0, 0.1) is 6.92 Å². The van der Waals surface area contributed by atoms with Crippen molar-refractivity contribution in [3.05, 3.63) is 53.4 Å². The zero-order valence-electron chi connectivity index (χ0n) is 15.2. The SMILES string of the molecule is CC(=O)Nc1cc(C(=O)Nc2ccc3oc(C(C)C)nc3c2)ccc1C. The molecule has 6 heteroatoms. The van der Waals surface area contributed by atoms with Crippen LogP contribution in [0.2, 0.25) is 0 Å². The first-order valence-electron chi connectivity index (χ1n) is 8.43. The number of benzene rings is 2. The van der Waals surface area contributed by atoms with Crippen LogP contribution in [-0.4, -0.2) is 16.8 Å². The summed E-state index contributed by atoms with van der Waals surface area (Å²) in [6.45, 7) is 7.33. The van der Waals surface area contributed by atoms with E-state index in [1.165, 1.54) is 6.92 Å². The highest BCUT2D eigenvalue weighted by molar-refractivity contribution is 6.06. The van der Waals surface area contributed by atoms with Gasteiger partial charge in [-0.1, -0.05) is 19.9 Å². The molecule has 2 amide bonds. The van der Waals surface area contributed by atoms with Crippen LogP contribution in [0.1, 0.15) is 48.5 Å². The number of aryl methyl sites for hydroxylation is 1. The number of fused-ring (bicyclic) bond motifs is 1. The average Bonchev–Trinajstić information content (AvgIpc) is 3.00. The number of hydrogen-bond donors (Lipinski definition) is 2. The normalized spacial score (nSPS) is 11.0. The molecule has 0 aliphatic carbocycles. The van der Waals surface area contributed by atoms with Crippen molar-refractivity contribution in [2.75, 3.05) is 10.6 Å². The predicted octanol–water partition coefficient (Wildman–Crippen LogP) is 4.47. The van der Waals surface area contributed by atoms with E-state index >= 15 is 0 Å². The van der Waals surface area contributed by atoms with Crippen LogP contribution in [0.5, 0.6) is 0 Å². The highest BCUT2D eigenvalue weighted by Gasteiger charge is 2.12. The lowest BCUT2D eigenvalue weighted by Crippen LogP contribution is -2.13. The number of hydrogen-bond acceptors (Lipinski definition) is 4. The molecule has 2 N–H and O–H groups in total. The first-order chi connectivity index (χ1) is 12.3. The minimum atomic E-state index is -0.261. The van der Waals surface area contributed by atoms with Gasteiger partial charge in [-0.3, -0.25) is 9.59 Å². The molecule has 0 bridgehead atoms. The largest absolute Gasteiger partial charge is 0.440 e. The molecule has 0 unspecified atom stereocenters. The number of carbonyl (C=O) groups excluding carboxylic acids is 2. The first-order valence-corrected chi connectivity index (χ1v) is 8.43. The minimum Gasteiger partial charge on any atom is -0.440 e. The second-order valence-corrected chi connectivity index (χ2v) is 6.55. The highest BCUT2D eigenvalue weighted by atomic mass is 16.3. The van der Waals surface area contributed by atoms with Gasteiger partial charge in [-0.15, -0.1) is 0 Å². The Morgan fingerprint density at radius 2 is 1.85 bits per heavy atom. The van der Waals surface area contributed by atoms with Gasteiger partial charge in [0.1, 0.15) is 5.52 Å². The number of rotatable bonds is 4. The Morgan fingerprint density at radius 1 is 1.08 bits per heavy atom. The van der Waals surface area contributed by atoms with Crippen molar-refractivity contribution in [2.45, 2.75) is 33.6 Å². The van der Waals surface area contributed by atoms with Crippen molar-refractivity contribution in [3.63, 3.8) is 0 Å². The van der Waals surface area contributed by atoms with E-state index in [-0.39, 0.29) is 17.7 Å². The van der Waals surface area contributed by atoms with Gasteiger partial charge in [0.15, 0.2) is 11.5 Å². The van der Waals surface area contributed by atoms with Gasteiger partial charge in [-0.2, -0.15) is 0 Å². The van der Waals surface area contributed by atoms with Crippen LogP contribution in [0.15, 0.2) is 40.8 Å². The Kier molecular flexibility index (Phi) is 4.75. The van der Waals surface area contributed by atoms with Crippen molar-refractivity contribution in [2.24, 2.45) is 0 Å². The molecule has 0 radical (unpaired) electrons. The quantitative estimate of drug-likeness (QED) is 0.726. The Balaban J connectivity index is 1.83. The minimum absolute atomic E-state index is 0.178. The number of nitrogens with zero attached hydrogens (tertiary/aromatic N) is 1. The fourth-order valence-electron chi connectivity index (χ4n) is 2.56. The van der Waals surface area contributed by atoms with E-state index in [1.54, 1.807) is 36.4 Å². The zero-order valence-corrected chi connectivity index (χ0v) is 15.2. The molecular formula is C20H21N3O3. The van der Waals surface area contributed by atoms with E-state index in [1.807, 2.05) is 20.8 Å². The summed E-state index contributed by atoms with van der Waals surface area (Å²) >= 11 is 0. The van der Waals surface area contributed by atoms with E-state index in [2.05, 4.69) is 15.6 Å². The van der Waals surface area contributed by atoms with Gasteiger partial charge in [-0.25, -0.2) is 4.98 Å². The number of oxazole rings is 1. The summed E-state index contributed by atoms with van der Waals surface area (Å²) in [5, 5.41) is 5.58. The van der Waals surface area contributed by atoms with Crippen molar-refractivity contribution < 1.29 is 14.0 Å². The number of aromatic nitrogens is 1. The first kappa shape index (κ1) is 17.7. The third-order valence-electron chi connectivity index (χ3n) is 3.97. The van der Waals surface area contributed by atoms with Crippen LogP contribution < -0.4 is 10.6 Å². The zero-order chi connectivity index (χ0) is 18.8. The molecule has 26 heavy (non-hydrogen) atoms. The molecule has 0 aliphatic rings. The van der Waals surface area contributed by atoms with Crippen LogP contribution >= 0.6 is 0 Å². The van der Waals surface area contributed by atoms with E-state index < -0.39 is 0 Å². The topological polar surface area (TPSA) is 84.2 Å². The van der Waals surface area contributed by atoms with Crippen LogP contribution in [0.25, 0.3) is 11.1 Å². The molecule has 1 heterocycles. The fourth-order valence-corrected chi connectivity index (χ4v) is 2.56. The summed E-state index contributed by atoms with van der Waals surface area (Å²) in [4.78, 5) is 28.3. The molecule has 3 rings (SSSR count). The third kappa shape index (κ3) is 3.74. The van der Waals surface area contributed by atoms with Gasteiger partial charge < -0.3 is 15.1 Å². The molecule has 2 aromatic carbocycles. The second kappa shape index (κ2) is 7.00. The van der Waals surface area contributed by atoms with Gasteiger partial charge in [0.2, 0.25) is 5.91 Å². The Bertz CT molecular complexity index is 989. The van der Waals surface area contributed by atoms with Crippen LogP contribution in [-0.2, 0) is 4.79 Å². The lowest BCUT2D eigenvalue weighted by molar-refractivity contribution is -0.114. The van der Waals surface area contributed by atoms with Gasteiger partial charge in [0.25, 0.3) is 5.91 Å². The summed E-state index contributed by atoms with van der Waals surface area (Å²) in [6, 6.07) is 10.5. The Morgan fingerprint density at radius 3 is 2.54 bits per heavy atom. The second-order valence-electron chi connectivity index (χ2n) is 6.55. The number of amides is 2. The van der Waals surface area contributed by atoms with E-state index in [0.29, 0.717) is 33.9 Å². The summed E-state index contributed by atoms with van der Waals surface area (Å²) in [5.41, 5.74) is 4.00. The molecule has 0 saturated heterocycles. The van der Waals surface area contributed by atoms with E-state index in [9.17, 15) is 9.59 Å². The molecule has 0 spiro atoms. The molecule has 0 aliphatic heterocycles. The summed E-state index contributed by atoms with van der Waals surface area (Å²) in [6.07, 6.45) is 0. The number of anilines is 2. The summed E-state index contributed by atoms with van der Waals surface area (Å²) < 4.78 is 5.68. The van der Waals surface area contributed by atoms with Gasteiger partial charge in [0, 0.05) is 29.8 Å². The molecule has 3 aromatic rings. The standard InChI is InChI=1S/C20H21N3O3/c1-11(2)20-23-17-10-15(7-8-18(17)26-20)22-19(25)14-6-5-12(3)16(9-14)21-13(4)24/h5-11H,1-4H3,(H,21,24)(H,22,25). The number of carbonyl (C=O) groups is 2. The predicted molar refractivity (Wildman–Crippen MR) is 102 cm³/mol. The Labute approximate surface area is 151 Å².